The molecule has 3 rings (SSSR count). The summed E-state index contributed by atoms with van der Waals surface area (Å²) in [6.07, 6.45) is 1.11. The van der Waals surface area contributed by atoms with E-state index in [-0.39, 0.29) is 12.4 Å². The van der Waals surface area contributed by atoms with Gasteiger partial charge in [0, 0.05) is 30.9 Å². The van der Waals surface area contributed by atoms with Crippen molar-refractivity contribution in [2.24, 2.45) is 0 Å². The van der Waals surface area contributed by atoms with E-state index in [9.17, 15) is 0 Å². The molecule has 0 bridgehead atoms. The highest BCUT2D eigenvalue weighted by Gasteiger charge is 2.12. The summed E-state index contributed by atoms with van der Waals surface area (Å²) in [5.74, 6) is 0. The third kappa shape index (κ3) is 1.99. The summed E-state index contributed by atoms with van der Waals surface area (Å²) in [7, 11) is 0. The summed E-state index contributed by atoms with van der Waals surface area (Å²) in [6.45, 7) is 2.08. The number of benzene rings is 1. The number of aromatic amines is 1. The number of rotatable bonds is 1. The Morgan fingerprint density at radius 1 is 1.06 bits per heavy atom. The Kier molecular flexibility index (Phi) is 3.32. The summed E-state index contributed by atoms with van der Waals surface area (Å²) in [5.41, 5.74) is 5.32. The molecule has 16 heavy (non-hydrogen) atoms. The summed E-state index contributed by atoms with van der Waals surface area (Å²) >= 11 is 0. The second kappa shape index (κ2) is 4.73. The number of aromatic nitrogens is 1. The molecule has 0 fully saturated rings. The van der Waals surface area contributed by atoms with Crippen LogP contribution < -0.4 is 5.32 Å². The summed E-state index contributed by atoms with van der Waals surface area (Å²) in [6, 6.07) is 12.8. The SMILES string of the molecule is Cl.c1ccc(-c2cc3c([nH]2)CCNC3)cc1. The highest BCUT2D eigenvalue weighted by Crippen LogP contribution is 2.23. The van der Waals surface area contributed by atoms with E-state index in [0.29, 0.717) is 0 Å². The van der Waals surface area contributed by atoms with Gasteiger partial charge in [0.25, 0.3) is 0 Å². The van der Waals surface area contributed by atoms with Crippen LogP contribution in [0.25, 0.3) is 11.3 Å². The lowest BCUT2D eigenvalue weighted by molar-refractivity contribution is 0.638. The third-order valence-corrected chi connectivity index (χ3v) is 2.94. The molecular formula is C13H15ClN2. The molecule has 1 aromatic carbocycles. The van der Waals surface area contributed by atoms with Crippen molar-refractivity contribution in [3.63, 3.8) is 0 Å². The van der Waals surface area contributed by atoms with E-state index in [1.807, 2.05) is 6.07 Å². The average Bonchev–Trinajstić information content (AvgIpc) is 2.74. The Bertz CT molecular complexity index is 439. The first-order valence-electron chi connectivity index (χ1n) is 5.40. The maximum Gasteiger partial charge on any atom is 0.0459 e. The van der Waals surface area contributed by atoms with Crippen molar-refractivity contribution in [2.45, 2.75) is 13.0 Å². The number of hydrogen-bond acceptors (Lipinski definition) is 1. The number of fused-ring (bicyclic) bond motifs is 1. The highest BCUT2D eigenvalue weighted by atomic mass is 35.5. The Labute approximate surface area is 101 Å². The van der Waals surface area contributed by atoms with Gasteiger partial charge in [0.15, 0.2) is 0 Å². The molecular weight excluding hydrogens is 220 g/mol. The minimum absolute atomic E-state index is 0. The number of nitrogens with one attached hydrogen (secondary N) is 2. The minimum Gasteiger partial charge on any atom is -0.358 e. The fourth-order valence-corrected chi connectivity index (χ4v) is 2.13. The maximum atomic E-state index is 3.51. The van der Waals surface area contributed by atoms with E-state index in [1.54, 1.807) is 0 Å². The van der Waals surface area contributed by atoms with Crippen LogP contribution in [-0.4, -0.2) is 11.5 Å². The van der Waals surface area contributed by atoms with Crippen LogP contribution in [0.5, 0.6) is 0 Å². The lowest BCUT2D eigenvalue weighted by atomic mass is 10.1. The van der Waals surface area contributed by atoms with Gasteiger partial charge in [0.2, 0.25) is 0 Å². The predicted molar refractivity (Wildman–Crippen MR) is 68.9 cm³/mol. The van der Waals surface area contributed by atoms with Gasteiger partial charge < -0.3 is 10.3 Å². The number of halogens is 1. The van der Waals surface area contributed by atoms with Gasteiger partial charge in [-0.05, 0) is 17.2 Å². The zero-order valence-electron chi connectivity index (χ0n) is 8.99. The van der Waals surface area contributed by atoms with Crippen molar-refractivity contribution in [2.75, 3.05) is 6.54 Å². The maximum absolute atomic E-state index is 3.51. The Morgan fingerprint density at radius 3 is 2.62 bits per heavy atom. The molecule has 1 aliphatic heterocycles. The quantitative estimate of drug-likeness (QED) is 0.780. The Hall–Kier alpha value is -1.25. The average molecular weight is 235 g/mol. The van der Waals surface area contributed by atoms with E-state index in [0.717, 1.165) is 19.5 Å². The predicted octanol–water partition coefficient (Wildman–Crippen LogP) is 2.75. The first kappa shape index (κ1) is 11.2. The molecule has 2 heterocycles. The molecule has 2 aromatic rings. The zero-order valence-corrected chi connectivity index (χ0v) is 9.81. The largest absolute Gasteiger partial charge is 0.358 e. The van der Waals surface area contributed by atoms with Crippen LogP contribution in [0, 0.1) is 0 Å². The van der Waals surface area contributed by atoms with Gasteiger partial charge >= 0.3 is 0 Å². The molecule has 0 saturated heterocycles. The standard InChI is InChI=1S/C13H14N2.ClH/c1-2-4-10(5-3-1)13-8-11-9-14-7-6-12(11)15-13;/h1-5,8,14-15H,6-7,9H2;1H. The summed E-state index contributed by atoms with van der Waals surface area (Å²) in [5, 5.41) is 3.39. The third-order valence-electron chi connectivity index (χ3n) is 2.94. The number of hydrogen-bond donors (Lipinski definition) is 2. The van der Waals surface area contributed by atoms with Gasteiger partial charge in [-0.15, -0.1) is 12.4 Å². The summed E-state index contributed by atoms with van der Waals surface area (Å²) in [4.78, 5) is 3.51. The van der Waals surface area contributed by atoms with E-state index in [1.165, 1.54) is 22.5 Å². The zero-order chi connectivity index (χ0) is 10.1. The van der Waals surface area contributed by atoms with Crippen LogP contribution >= 0.6 is 12.4 Å². The van der Waals surface area contributed by atoms with Crippen LogP contribution in [0.3, 0.4) is 0 Å². The summed E-state index contributed by atoms with van der Waals surface area (Å²) < 4.78 is 0. The Morgan fingerprint density at radius 2 is 1.88 bits per heavy atom. The molecule has 3 heteroatoms. The first-order valence-corrected chi connectivity index (χ1v) is 5.40. The van der Waals surface area contributed by atoms with E-state index in [4.69, 9.17) is 0 Å². The molecule has 2 N–H and O–H groups in total. The molecule has 0 atom stereocenters. The second-order valence-corrected chi connectivity index (χ2v) is 3.98. The van der Waals surface area contributed by atoms with Crippen molar-refractivity contribution in [3.8, 4) is 11.3 Å². The molecule has 2 nitrogen and oxygen atoms in total. The van der Waals surface area contributed by atoms with Gasteiger partial charge in [0.05, 0.1) is 0 Å². The molecule has 0 saturated carbocycles. The van der Waals surface area contributed by atoms with Gasteiger partial charge in [-0.2, -0.15) is 0 Å². The molecule has 0 unspecified atom stereocenters. The normalized spacial score (nSPS) is 14.0. The van der Waals surface area contributed by atoms with E-state index < -0.39 is 0 Å². The molecule has 0 radical (unpaired) electrons. The molecule has 0 amide bonds. The molecule has 1 aromatic heterocycles. The molecule has 0 spiro atoms. The molecule has 1 aliphatic rings. The monoisotopic (exact) mass is 234 g/mol. The van der Waals surface area contributed by atoms with Crippen LogP contribution in [0.15, 0.2) is 36.4 Å². The van der Waals surface area contributed by atoms with Crippen molar-refractivity contribution in [1.29, 1.82) is 0 Å². The van der Waals surface area contributed by atoms with Gasteiger partial charge in [-0.25, -0.2) is 0 Å². The lowest BCUT2D eigenvalue weighted by Gasteiger charge is -2.11. The smallest absolute Gasteiger partial charge is 0.0459 e. The molecule has 0 aliphatic carbocycles. The highest BCUT2D eigenvalue weighted by molar-refractivity contribution is 5.85. The van der Waals surface area contributed by atoms with Crippen molar-refractivity contribution >= 4 is 12.4 Å². The van der Waals surface area contributed by atoms with E-state index >= 15 is 0 Å². The van der Waals surface area contributed by atoms with Crippen LogP contribution in [0.1, 0.15) is 11.3 Å². The van der Waals surface area contributed by atoms with Gasteiger partial charge in [-0.3, -0.25) is 0 Å². The van der Waals surface area contributed by atoms with Crippen LogP contribution in [0.2, 0.25) is 0 Å². The first-order chi connectivity index (χ1) is 7.43. The fraction of sp³-hybridized carbons (Fsp3) is 0.231. The van der Waals surface area contributed by atoms with Crippen molar-refractivity contribution < 1.29 is 0 Å². The minimum atomic E-state index is 0. The van der Waals surface area contributed by atoms with Gasteiger partial charge in [0.1, 0.15) is 0 Å². The van der Waals surface area contributed by atoms with Crippen molar-refractivity contribution in [3.05, 3.63) is 47.7 Å². The van der Waals surface area contributed by atoms with E-state index in [2.05, 4.69) is 40.6 Å². The van der Waals surface area contributed by atoms with Gasteiger partial charge in [-0.1, -0.05) is 30.3 Å². The fourth-order valence-electron chi connectivity index (χ4n) is 2.13. The van der Waals surface area contributed by atoms with Crippen LogP contribution in [0.4, 0.5) is 0 Å². The van der Waals surface area contributed by atoms with Crippen molar-refractivity contribution in [1.82, 2.24) is 10.3 Å². The topological polar surface area (TPSA) is 27.8 Å². The Balaban J connectivity index is 0.000000963. The molecule has 84 valence electrons. The second-order valence-electron chi connectivity index (χ2n) is 3.98. The number of H-pyrrole nitrogens is 1. The van der Waals surface area contributed by atoms with Crippen LogP contribution in [-0.2, 0) is 13.0 Å². The lowest BCUT2D eigenvalue weighted by Crippen LogP contribution is -2.22.